The van der Waals surface area contributed by atoms with Gasteiger partial charge in [-0.15, -0.1) is 0 Å². The zero-order valence-corrected chi connectivity index (χ0v) is 23.6. The van der Waals surface area contributed by atoms with E-state index in [2.05, 4.69) is 0 Å². The topological polar surface area (TPSA) is 98.7 Å². The van der Waals surface area contributed by atoms with Gasteiger partial charge in [0.05, 0.1) is 0 Å². The van der Waals surface area contributed by atoms with Crippen LogP contribution in [0.4, 0.5) is 0 Å². The molecule has 0 aliphatic heterocycles. The van der Waals surface area contributed by atoms with Crippen molar-refractivity contribution in [2.24, 2.45) is 0 Å². The van der Waals surface area contributed by atoms with E-state index >= 15 is 0 Å². The zero-order chi connectivity index (χ0) is 24.9. The van der Waals surface area contributed by atoms with Gasteiger partial charge in [0.25, 0.3) is 0 Å². The molecule has 0 aliphatic rings. The molecule has 0 aliphatic carbocycles. The molecule has 0 N–H and O–H groups in total. The van der Waals surface area contributed by atoms with Crippen LogP contribution in [0.2, 0.25) is 0 Å². The fourth-order valence-electron chi connectivity index (χ4n) is 3.68. The van der Waals surface area contributed by atoms with Crippen LogP contribution in [0.25, 0.3) is 21.5 Å². The van der Waals surface area contributed by atoms with Crippen molar-refractivity contribution in [3.63, 3.8) is 0 Å². The van der Waals surface area contributed by atoms with Gasteiger partial charge in [0.2, 0.25) is 0 Å². The van der Waals surface area contributed by atoms with Gasteiger partial charge >= 0.3 is 23.1 Å². The summed E-state index contributed by atoms with van der Waals surface area (Å²) in [5, 5.41) is 3.64. The van der Waals surface area contributed by atoms with Gasteiger partial charge in [-0.25, -0.2) is 0 Å². The van der Waals surface area contributed by atoms with Gasteiger partial charge in [-0.05, 0) is 34.7 Å². The molecule has 6 nitrogen and oxygen atoms in total. The normalized spacial score (nSPS) is 14.1. The SMILES string of the molecule is CCc1ccc2ccccc2c1OP(C)(=O)[O-].CCc1ccc2ccccc2c1OP(C)(=O)[O-].[Mg+2]. The van der Waals surface area contributed by atoms with Crippen molar-refractivity contribution in [1.82, 2.24) is 0 Å². The minimum atomic E-state index is -3.78. The van der Waals surface area contributed by atoms with Crippen LogP contribution in [0.15, 0.2) is 72.8 Å². The molecule has 2 unspecified atom stereocenters. The molecule has 0 saturated carbocycles. The smallest absolute Gasteiger partial charge is 0.769 e. The molecule has 0 fully saturated rings. The Bertz CT molecular complexity index is 1290. The summed E-state index contributed by atoms with van der Waals surface area (Å²) in [5.74, 6) is 0.929. The Kier molecular flexibility index (Phi) is 10.4. The molecular weight excluding hydrogens is 495 g/mol. The molecule has 0 amide bonds. The Labute approximate surface area is 222 Å². The summed E-state index contributed by atoms with van der Waals surface area (Å²) in [7, 11) is -7.56. The molecule has 0 saturated heterocycles. The predicted molar refractivity (Wildman–Crippen MR) is 141 cm³/mol. The molecule has 4 rings (SSSR count). The summed E-state index contributed by atoms with van der Waals surface area (Å²) in [5.41, 5.74) is 1.81. The number of aryl methyl sites for hydroxylation is 2. The maximum absolute atomic E-state index is 11.3. The Balaban J connectivity index is 0.000000240. The number of benzene rings is 4. The molecule has 35 heavy (non-hydrogen) atoms. The van der Waals surface area contributed by atoms with E-state index in [1.165, 1.54) is 0 Å². The van der Waals surface area contributed by atoms with Crippen molar-refractivity contribution in [3.8, 4) is 11.5 Å². The molecule has 180 valence electrons. The van der Waals surface area contributed by atoms with Gasteiger partial charge in [-0.2, -0.15) is 0 Å². The molecule has 0 heterocycles. The first kappa shape index (κ1) is 29.4. The van der Waals surface area contributed by atoms with E-state index in [1.807, 2.05) is 86.6 Å². The molecule has 0 spiro atoms. The maximum atomic E-state index is 11.3. The van der Waals surface area contributed by atoms with E-state index in [9.17, 15) is 18.9 Å². The summed E-state index contributed by atoms with van der Waals surface area (Å²) in [6.45, 7) is 6.13. The largest absolute Gasteiger partial charge is 2.00 e. The maximum Gasteiger partial charge on any atom is 2.00 e. The van der Waals surface area contributed by atoms with Crippen molar-refractivity contribution in [2.45, 2.75) is 26.7 Å². The standard InChI is InChI=1S/2C13H15O3P.Mg/c2*1-3-10-8-9-11-6-4-5-7-12(11)13(10)16-17(2,14)15;/h2*4-9H,3H2,1-2H3,(H,14,15);/q;;+2/p-2. The summed E-state index contributed by atoms with van der Waals surface area (Å²) < 4.78 is 32.9. The van der Waals surface area contributed by atoms with Crippen molar-refractivity contribution in [3.05, 3.63) is 83.9 Å². The summed E-state index contributed by atoms with van der Waals surface area (Å²) in [4.78, 5) is 22.6. The first-order chi connectivity index (χ1) is 16.0. The van der Waals surface area contributed by atoms with E-state index in [-0.39, 0.29) is 23.1 Å². The number of hydrogen-bond donors (Lipinski definition) is 0. The Morgan fingerprint density at radius 3 is 1.29 bits per heavy atom. The second-order valence-electron chi connectivity index (χ2n) is 7.98. The fourth-order valence-corrected chi connectivity index (χ4v) is 4.77. The van der Waals surface area contributed by atoms with Gasteiger partial charge in [0.15, 0.2) is 15.2 Å². The molecule has 4 aromatic carbocycles. The van der Waals surface area contributed by atoms with Crippen LogP contribution in [0.5, 0.6) is 11.5 Å². The van der Waals surface area contributed by atoms with Crippen molar-refractivity contribution in [1.29, 1.82) is 0 Å². The number of fused-ring (bicyclic) bond motifs is 2. The second-order valence-corrected chi connectivity index (χ2v) is 11.4. The number of hydrogen-bond acceptors (Lipinski definition) is 6. The molecular formula is C26H28MgO6P2. The Hall–Kier alpha value is -1.85. The van der Waals surface area contributed by atoms with Crippen LogP contribution in [0.3, 0.4) is 0 Å². The average Bonchev–Trinajstić information content (AvgIpc) is 2.78. The van der Waals surface area contributed by atoms with E-state index in [4.69, 9.17) is 9.05 Å². The monoisotopic (exact) mass is 522 g/mol. The first-order valence-electron chi connectivity index (χ1n) is 11.0. The molecule has 2 atom stereocenters. The summed E-state index contributed by atoms with van der Waals surface area (Å²) in [6, 6.07) is 23.0. The van der Waals surface area contributed by atoms with Gasteiger partial charge < -0.3 is 18.8 Å². The first-order valence-corrected chi connectivity index (χ1v) is 15.0. The van der Waals surface area contributed by atoms with Crippen LogP contribution in [-0.2, 0) is 22.0 Å². The van der Waals surface area contributed by atoms with Crippen molar-refractivity contribution < 1.29 is 28.0 Å². The molecule has 4 aromatic rings. The van der Waals surface area contributed by atoms with Crippen LogP contribution in [0, 0.1) is 0 Å². The van der Waals surface area contributed by atoms with Gasteiger partial charge in [-0.1, -0.05) is 86.6 Å². The third-order valence-corrected chi connectivity index (χ3v) is 6.23. The summed E-state index contributed by atoms with van der Waals surface area (Å²) in [6.07, 6.45) is 1.47. The number of rotatable bonds is 6. The average molecular weight is 523 g/mol. The van der Waals surface area contributed by atoms with Crippen molar-refractivity contribution >= 4 is 59.8 Å². The zero-order valence-electron chi connectivity index (χ0n) is 20.4. The second kappa shape index (κ2) is 12.4. The van der Waals surface area contributed by atoms with Crippen LogP contribution >= 0.6 is 15.2 Å². The van der Waals surface area contributed by atoms with E-state index in [0.29, 0.717) is 11.5 Å². The fraction of sp³-hybridized carbons (Fsp3) is 0.231. The van der Waals surface area contributed by atoms with E-state index < -0.39 is 15.2 Å². The van der Waals surface area contributed by atoms with Gasteiger partial charge in [0, 0.05) is 24.1 Å². The minimum absolute atomic E-state index is 0. The van der Waals surface area contributed by atoms with Gasteiger partial charge in [0.1, 0.15) is 11.5 Å². The predicted octanol–water partition coefficient (Wildman–Crippen LogP) is 5.55. The third-order valence-electron chi connectivity index (χ3n) is 5.20. The molecule has 9 heteroatoms. The van der Waals surface area contributed by atoms with Gasteiger partial charge in [-0.3, -0.25) is 9.13 Å². The van der Waals surface area contributed by atoms with Crippen LogP contribution < -0.4 is 18.8 Å². The third kappa shape index (κ3) is 8.08. The van der Waals surface area contributed by atoms with E-state index in [0.717, 1.165) is 58.8 Å². The van der Waals surface area contributed by atoms with Crippen molar-refractivity contribution in [2.75, 3.05) is 13.3 Å². The molecule has 0 aromatic heterocycles. The van der Waals surface area contributed by atoms with E-state index in [1.54, 1.807) is 0 Å². The molecule has 0 radical (unpaired) electrons. The molecule has 0 bridgehead atoms. The van der Waals surface area contributed by atoms with Crippen LogP contribution in [-0.4, -0.2) is 36.4 Å². The van der Waals surface area contributed by atoms with Crippen LogP contribution in [0.1, 0.15) is 25.0 Å². The quantitative estimate of drug-likeness (QED) is 0.243. The summed E-state index contributed by atoms with van der Waals surface area (Å²) >= 11 is 0. The Morgan fingerprint density at radius 1 is 0.629 bits per heavy atom. The minimum Gasteiger partial charge on any atom is -0.769 e. The Morgan fingerprint density at radius 2 is 0.971 bits per heavy atom.